The van der Waals surface area contributed by atoms with E-state index in [0.717, 1.165) is 17.7 Å². The second kappa shape index (κ2) is 5.66. The average Bonchev–Trinajstić information content (AvgIpc) is 2.80. The molecule has 0 saturated heterocycles. The molecular weight excluding hydrogens is 316 g/mol. The van der Waals surface area contributed by atoms with Gasteiger partial charge in [-0.05, 0) is 29.8 Å². The maximum absolute atomic E-state index is 12.3. The van der Waals surface area contributed by atoms with Gasteiger partial charge in [-0.3, -0.25) is 4.79 Å². The molecule has 2 heterocycles. The van der Waals surface area contributed by atoms with Crippen LogP contribution in [-0.4, -0.2) is 19.1 Å². The van der Waals surface area contributed by atoms with E-state index < -0.39 is 0 Å². The first-order valence-corrected chi connectivity index (χ1v) is 7.85. The van der Waals surface area contributed by atoms with Crippen molar-refractivity contribution in [2.75, 3.05) is 18.5 Å². The number of hydrogen-bond donors (Lipinski definition) is 2. The van der Waals surface area contributed by atoms with Gasteiger partial charge in [-0.25, -0.2) is 0 Å². The third-order valence-electron chi connectivity index (χ3n) is 3.90. The Morgan fingerprint density at radius 2 is 1.91 bits per heavy atom. The van der Waals surface area contributed by atoms with Crippen molar-refractivity contribution >= 4 is 23.2 Å². The Morgan fingerprint density at radius 3 is 2.83 bits per heavy atom. The summed E-state index contributed by atoms with van der Waals surface area (Å²) in [5, 5.41) is 6.72. The van der Waals surface area contributed by atoms with Gasteiger partial charge in [0.15, 0.2) is 11.5 Å². The smallest absolute Gasteiger partial charge is 0.255 e. The summed E-state index contributed by atoms with van der Waals surface area (Å²) in [7, 11) is 0. The fourth-order valence-corrected chi connectivity index (χ4v) is 3.07. The number of fused-ring (bicyclic) bond motifs is 2. The number of carbonyl (C=O) groups excluding carboxylic acids is 1. The van der Waals surface area contributed by atoms with Gasteiger partial charge >= 0.3 is 0 Å². The molecule has 1 atom stereocenters. The van der Waals surface area contributed by atoms with Gasteiger partial charge in [0.2, 0.25) is 0 Å². The first-order chi connectivity index (χ1) is 11.2. The summed E-state index contributed by atoms with van der Waals surface area (Å²) in [6.45, 7) is 1.16. The van der Waals surface area contributed by atoms with Crippen LogP contribution in [0, 0.1) is 0 Å². The quantitative estimate of drug-likeness (QED) is 0.841. The van der Waals surface area contributed by atoms with E-state index >= 15 is 0 Å². The Labute approximate surface area is 138 Å². The van der Waals surface area contributed by atoms with E-state index in [1.54, 1.807) is 12.1 Å². The van der Waals surface area contributed by atoms with Crippen molar-refractivity contribution in [3.8, 4) is 11.5 Å². The van der Waals surface area contributed by atoms with Gasteiger partial charge in [0.05, 0.1) is 23.8 Å². The predicted octanol–water partition coefficient (Wildman–Crippen LogP) is 3.36. The van der Waals surface area contributed by atoms with Gasteiger partial charge in [-0.1, -0.05) is 23.7 Å². The van der Waals surface area contributed by atoms with E-state index in [-0.39, 0.29) is 12.1 Å². The minimum Gasteiger partial charge on any atom is -0.489 e. The van der Waals surface area contributed by atoms with Crippen molar-refractivity contribution in [1.82, 2.24) is 5.32 Å². The van der Waals surface area contributed by atoms with Crippen molar-refractivity contribution in [2.24, 2.45) is 0 Å². The Bertz CT molecular complexity index is 778. The lowest BCUT2D eigenvalue weighted by Crippen LogP contribution is -2.38. The van der Waals surface area contributed by atoms with Crippen molar-refractivity contribution in [3.05, 3.63) is 52.5 Å². The van der Waals surface area contributed by atoms with Crippen LogP contribution in [0.4, 0.5) is 5.69 Å². The summed E-state index contributed by atoms with van der Waals surface area (Å²) < 4.78 is 11.3. The molecule has 2 aliphatic heterocycles. The van der Waals surface area contributed by atoms with Gasteiger partial charge in [-0.2, -0.15) is 0 Å². The number of para-hydroxylation sites is 1. The molecule has 1 amide bonds. The monoisotopic (exact) mass is 330 g/mol. The number of ether oxygens (including phenoxy) is 2. The summed E-state index contributed by atoms with van der Waals surface area (Å²) in [6, 6.07) is 11.0. The number of nitrogens with one attached hydrogen (secondary N) is 2. The molecular formula is C17H15ClN2O3. The molecule has 0 saturated carbocycles. The van der Waals surface area contributed by atoms with Crippen LogP contribution >= 0.6 is 11.6 Å². The van der Waals surface area contributed by atoms with Crippen LogP contribution in [0.3, 0.4) is 0 Å². The van der Waals surface area contributed by atoms with Crippen LogP contribution in [0.1, 0.15) is 28.5 Å². The van der Waals surface area contributed by atoms with Crippen molar-refractivity contribution in [3.63, 3.8) is 0 Å². The van der Waals surface area contributed by atoms with Crippen LogP contribution in [0.15, 0.2) is 36.4 Å². The van der Waals surface area contributed by atoms with Gasteiger partial charge in [0.25, 0.3) is 5.91 Å². The second-order valence-corrected chi connectivity index (χ2v) is 5.88. The highest BCUT2D eigenvalue weighted by molar-refractivity contribution is 6.32. The second-order valence-electron chi connectivity index (χ2n) is 5.48. The maximum Gasteiger partial charge on any atom is 0.255 e. The van der Waals surface area contributed by atoms with E-state index in [1.807, 2.05) is 24.3 Å². The third kappa shape index (κ3) is 2.57. The van der Waals surface area contributed by atoms with E-state index in [2.05, 4.69) is 10.6 Å². The predicted molar refractivity (Wildman–Crippen MR) is 87.3 cm³/mol. The van der Waals surface area contributed by atoms with E-state index in [0.29, 0.717) is 35.3 Å². The van der Waals surface area contributed by atoms with Crippen LogP contribution in [0.25, 0.3) is 0 Å². The Hall–Kier alpha value is -2.40. The molecule has 0 aliphatic carbocycles. The first kappa shape index (κ1) is 14.2. The molecule has 118 valence electrons. The molecule has 23 heavy (non-hydrogen) atoms. The molecule has 4 rings (SSSR count). The topological polar surface area (TPSA) is 59.6 Å². The number of benzene rings is 2. The molecule has 6 heteroatoms. The molecule has 0 unspecified atom stereocenters. The first-order valence-electron chi connectivity index (χ1n) is 7.48. The van der Waals surface area contributed by atoms with E-state index in [1.165, 1.54) is 0 Å². The molecule has 5 nitrogen and oxygen atoms in total. The fourth-order valence-electron chi connectivity index (χ4n) is 2.79. The lowest BCUT2D eigenvalue weighted by Gasteiger charge is -2.28. The van der Waals surface area contributed by atoms with Crippen molar-refractivity contribution in [2.45, 2.75) is 12.6 Å². The van der Waals surface area contributed by atoms with Gasteiger partial charge in [-0.15, -0.1) is 0 Å². The summed E-state index contributed by atoms with van der Waals surface area (Å²) >= 11 is 6.33. The van der Waals surface area contributed by atoms with Crippen molar-refractivity contribution < 1.29 is 14.3 Å². The lowest BCUT2D eigenvalue weighted by molar-refractivity contribution is 0.0935. The van der Waals surface area contributed by atoms with Crippen LogP contribution in [0.2, 0.25) is 5.02 Å². The zero-order chi connectivity index (χ0) is 15.8. The minimum atomic E-state index is -0.368. The summed E-state index contributed by atoms with van der Waals surface area (Å²) in [5.41, 5.74) is 2.25. The normalized spacial score (nSPS) is 19.2. The number of anilines is 1. The number of carbonyl (C=O) groups is 1. The molecule has 0 fully saturated rings. The molecule has 2 aromatic rings. The lowest BCUT2D eigenvalue weighted by atomic mass is 10.1. The molecule has 0 aromatic heterocycles. The largest absolute Gasteiger partial charge is 0.489 e. The zero-order valence-corrected chi connectivity index (χ0v) is 13.0. The van der Waals surface area contributed by atoms with Crippen molar-refractivity contribution in [1.29, 1.82) is 0 Å². The van der Waals surface area contributed by atoms with Gasteiger partial charge in [0.1, 0.15) is 6.17 Å². The third-order valence-corrected chi connectivity index (χ3v) is 4.19. The zero-order valence-electron chi connectivity index (χ0n) is 12.3. The maximum atomic E-state index is 12.3. The number of hydrogen-bond acceptors (Lipinski definition) is 4. The number of halogens is 1. The Morgan fingerprint density at radius 1 is 1.09 bits per heavy atom. The highest BCUT2D eigenvalue weighted by Gasteiger charge is 2.26. The van der Waals surface area contributed by atoms with Crippen LogP contribution in [0.5, 0.6) is 11.5 Å². The number of amides is 1. The SMILES string of the molecule is O=C1N[C@H](c2cc(Cl)c3c(c2)OCCCO3)Nc2ccccc21. The number of rotatable bonds is 1. The fraction of sp³-hybridized carbons (Fsp3) is 0.235. The highest BCUT2D eigenvalue weighted by atomic mass is 35.5. The summed E-state index contributed by atoms with van der Waals surface area (Å²) in [4.78, 5) is 12.3. The van der Waals surface area contributed by atoms with Crippen LogP contribution in [-0.2, 0) is 0 Å². The highest BCUT2D eigenvalue weighted by Crippen LogP contribution is 2.40. The minimum absolute atomic E-state index is 0.118. The van der Waals surface area contributed by atoms with E-state index in [9.17, 15) is 4.79 Å². The molecule has 2 aliphatic rings. The van der Waals surface area contributed by atoms with Gasteiger partial charge < -0.3 is 20.1 Å². The summed E-state index contributed by atoms with van der Waals surface area (Å²) in [5.74, 6) is 1.06. The molecule has 0 spiro atoms. The van der Waals surface area contributed by atoms with Gasteiger partial charge in [0, 0.05) is 12.1 Å². The van der Waals surface area contributed by atoms with E-state index in [4.69, 9.17) is 21.1 Å². The van der Waals surface area contributed by atoms with Crippen LogP contribution < -0.4 is 20.1 Å². The molecule has 2 aromatic carbocycles. The average molecular weight is 331 g/mol. The molecule has 0 radical (unpaired) electrons. The Balaban J connectivity index is 1.71. The Kier molecular flexibility index (Phi) is 3.50. The molecule has 0 bridgehead atoms. The molecule has 2 N–H and O–H groups in total. The summed E-state index contributed by atoms with van der Waals surface area (Å²) in [6.07, 6.45) is 0.443. The standard InChI is InChI=1S/C17H15ClN2O3/c18-12-8-10(9-14-15(12)23-7-3-6-22-14)16-19-13-5-2-1-4-11(13)17(21)20-16/h1-2,4-5,8-9,16,19H,3,6-7H2,(H,20,21)/t16-/m1/s1.